The number of nitro groups is 1. The Morgan fingerprint density at radius 1 is 1.00 bits per heavy atom. The van der Waals surface area contributed by atoms with E-state index >= 15 is 0 Å². The molecule has 57 heavy (non-hydrogen) atoms. The van der Waals surface area contributed by atoms with Gasteiger partial charge in [-0.25, -0.2) is 13.1 Å². The number of hydrogen-bond donors (Lipinski definition) is 2. The van der Waals surface area contributed by atoms with E-state index < -0.39 is 20.9 Å². The number of pyridine rings is 2. The zero-order valence-electron chi connectivity index (χ0n) is 32.0. The van der Waals surface area contributed by atoms with E-state index in [1.165, 1.54) is 17.7 Å². The summed E-state index contributed by atoms with van der Waals surface area (Å²) in [5, 5.41) is 15.5. The first-order valence-corrected chi connectivity index (χ1v) is 21.4. The van der Waals surface area contributed by atoms with Crippen molar-refractivity contribution in [2.75, 3.05) is 56.2 Å². The van der Waals surface area contributed by atoms with E-state index in [9.17, 15) is 23.3 Å². The van der Waals surface area contributed by atoms with E-state index in [0.29, 0.717) is 18.2 Å². The molecule has 296 valence electrons. The number of carbonyl (C=O) groups excluding carboxylic acids is 1. The first-order valence-electron chi connectivity index (χ1n) is 18.9. The van der Waals surface area contributed by atoms with E-state index in [2.05, 4.69) is 35.9 Å². The van der Waals surface area contributed by atoms with Crippen LogP contribution in [0.5, 0.6) is 0 Å². The molecule has 2 aromatic heterocycles. The molecule has 1 fully saturated rings. The molecule has 1 amide bonds. The largest absolute Gasteiger partial charge is 0.376 e. The highest BCUT2D eigenvalue weighted by atomic mass is 32.2. The van der Waals surface area contributed by atoms with Crippen LogP contribution in [0.15, 0.2) is 119 Å². The molecule has 2 N–H and O–H groups in total. The predicted octanol–water partition coefficient (Wildman–Crippen LogP) is 6.33. The van der Waals surface area contributed by atoms with Gasteiger partial charge in [0.2, 0.25) is 0 Å². The topological polar surface area (TPSA) is 154 Å². The number of nitrogens with zero attached hydrogens (tertiary/aromatic N) is 6. The molecule has 0 aliphatic carbocycles. The minimum absolute atomic E-state index is 0.139. The van der Waals surface area contributed by atoms with Gasteiger partial charge in [0, 0.05) is 90.4 Å². The summed E-state index contributed by atoms with van der Waals surface area (Å²) in [6, 6.07) is 27.1. The summed E-state index contributed by atoms with van der Waals surface area (Å²) in [6.45, 7) is 4.08. The lowest BCUT2D eigenvalue weighted by Crippen LogP contribution is -2.54. The van der Waals surface area contributed by atoms with Crippen molar-refractivity contribution in [1.29, 1.82) is 0 Å². The van der Waals surface area contributed by atoms with Gasteiger partial charge in [0.25, 0.3) is 21.6 Å². The number of rotatable bonds is 15. The number of anilines is 2. The van der Waals surface area contributed by atoms with Gasteiger partial charge in [-0.1, -0.05) is 24.3 Å². The number of fused-ring (bicyclic) bond motifs is 3. The minimum Gasteiger partial charge on any atom is -0.376 e. The Morgan fingerprint density at radius 2 is 1.81 bits per heavy atom. The third kappa shape index (κ3) is 9.79. The summed E-state index contributed by atoms with van der Waals surface area (Å²) in [7, 11) is -0.510. The molecule has 0 saturated carbocycles. The second-order valence-electron chi connectivity index (χ2n) is 14.6. The van der Waals surface area contributed by atoms with Crippen LogP contribution in [0.4, 0.5) is 17.1 Å². The lowest BCUT2D eigenvalue weighted by Gasteiger charge is -2.46. The Kier molecular flexibility index (Phi) is 12.5. The summed E-state index contributed by atoms with van der Waals surface area (Å²) in [5.41, 5.74) is 5.24. The van der Waals surface area contributed by atoms with Crippen molar-refractivity contribution in [3.05, 3.63) is 136 Å². The molecule has 2 atom stereocenters. The quantitative estimate of drug-likeness (QED) is 0.0691. The SMILES string of the molecule is CN(C)CC[C@H](CSc1ccccc1)Nc1ccc(S(=O)(=O)NC(=O)c2ccc3c(c2)CC[C@H]2CN(Cc4cccnc4-c4ccncc4)CCN32)cc1[N+](=O)[O-]. The first kappa shape index (κ1) is 39.9. The fourth-order valence-electron chi connectivity index (χ4n) is 7.47. The zero-order chi connectivity index (χ0) is 39.9. The van der Waals surface area contributed by atoms with Crippen molar-refractivity contribution >= 4 is 44.8 Å². The minimum atomic E-state index is -4.44. The molecule has 15 heteroatoms. The number of hydrogen-bond acceptors (Lipinski definition) is 12. The number of amides is 1. The highest BCUT2D eigenvalue weighted by molar-refractivity contribution is 7.99. The summed E-state index contributed by atoms with van der Waals surface area (Å²) < 4.78 is 29.1. The fourth-order valence-corrected chi connectivity index (χ4v) is 9.46. The highest BCUT2D eigenvalue weighted by Crippen LogP contribution is 2.35. The van der Waals surface area contributed by atoms with Crippen LogP contribution >= 0.6 is 11.8 Å². The van der Waals surface area contributed by atoms with Crippen molar-refractivity contribution in [2.45, 2.75) is 47.7 Å². The Balaban J connectivity index is 1.00. The van der Waals surface area contributed by atoms with Crippen LogP contribution < -0.4 is 14.9 Å². The van der Waals surface area contributed by atoms with Crippen LogP contribution in [-0.2, 0) is 23.0 Å². The van der Waals surface area contributed by atoms with Crippen molar-refractivity contribution < 1.29 is 18.1 Å². The number of nitro benzene ring substituents is 1. The molecular formula is C42H46N8O5S2. The fraction of sp³-hybridized carbons (Fsp3) is 0.310. The molecular weight excluding hydrogens is 761 g/mol. The van der Waals surface area contributed by atoms with Crippen LogP contribution in [0.3, 0.4) is 0 Å². The van der Waals surface area contributed by atoms with E-state index in [0.717, 1.165) is 79.0 Å². The number of benzene rings is 3. The Hall–Kier alpha value is -5.35. The smallest absolute Gasteiger partial charge is 0.293 e. The van der Waals surface area contributed by atoms with Crippen LogP contribution in [0, 0.1) is 10.1 Å². The van der Waals surface area contributed by atoms with Gasteiger partial charge >= 0.3 is 0 Å². The number of thioether (sulfide) groups is 1. The Labute approximate surface area is 337 Å². The van der Waals surface area contributed by atoms with Crippen LogP contribution in [0.2, 0.25) is 0 Å². The number of aromatic nitrogens is 2. The maximum absolute atomic E-state index is 13.5. The van der Waals surface area contributed by atoms with Gasteiger partial charge in [-0.15, -0.1) is 11.8 Å². The van der Waals surface area contributed by atoms with Crippen LogP contribution in [0.1, 0.15) is 34.3 Å². The molecule has 4 heterocycles. The molecule has 3 aromatic carbocycles. The molecule has 0 bridgehead atoms. The van der Waals surface area contributed by atoms with Crippen molar-refractivity contribution in [3.63, 3.8) is 0 Å². The molecule has 0 spiro atoms. The number of piperazine rings is 1. The third-order valence-electron chi connectivity index (χ3n) is 10.4. The van der Waals surface area contributed by atoms with Gasteiger partial charge in [-0.3, -0.25) is 29.8 Å². The molecule has 7 rings (SSSR count). The van der Waals surface area contributed by atoms with Crippen LogP contribution in [-0.4, -0.2) is 97.1 Å². The second kappa shape index (κ2) is 17.8. The average Bonchev–Trinajstić information content (AvgIpc) is 3.22. The maximum Gasteiger partial charge on any atom is 0.293 e. The first-order chi connectivity index (χ1) is 27.5. The highest BCUT2D eigenvalue weighted by Gasteiger charge is 2.33. The molecule has 13 nitrogen and oxygen atoms in total. The monoisotopic (exact) mass is 806 g/mol. The van der Waals surface area contributed by atoms with Crippen LogP contribution in [0.25, 0.3) is 11.3 Å². The van der Waals surface area contributed by atoms with E-state index in [4.69, 9.17) is 0 Å². The van der Waals surface area contributed by atoms with Gasteiger partial charge in [-0.05, 0) is 112 Å². The summed E-state index contributed by atoms with van der Waals surface area (Å²) in [4.78, 5) is 41.5. The van der Waals surface area contributed by atoms with Crippen molar-refractivity contribution in [3.8, 4) is 11.3 Å². The Bertz CT molecular complexity index is 2310. The van der Waals surface area contributed by atoms with Gasteiger partial charge < -0.3 is 15.1 Å². The zero-order valence-corrected chi connectivity index (χ0v) is 33.6. The van der Waals surface area contributed by atoms with Crippen molar-refractivity contribution in [1.82, 2.24) is 24.5 Å². The van der Waals surface area contributed by atoms with E-state index in [1.807, 2.05) is 79.8 Å². The summed E-state index contributed by atoms with van der Waals surface area (Å²) >= 11 is 1.64. The van der Waals surface area contributed by atoms with Gasteiger partial charge in [0.15, 0.2) is 0 Å². The normalized spacial score (nSPS) is 16.1. The van der Waals surface area contributed by atoms with Gasteiger partial charge in [-0.2, -0.15) is 0 Å². The Morgan fingerprint density at radius 3 is 2.58 bits per heavy atom. The number of aryl methyl sites for hydroxylation is 1. The van der Waals surface area contributed by atoms with Crippen molar-refractivity contribution in [2.24, 2.45) is 0 Å². The van der Waals surface area contributed by atoms with E-state index in [-0.39, 0.29) is 27.9 Å². The standard InChI is InChI=1S/C42H46N8O5S2/c1-47(2)22-18-34(29-56-36-8-4-3-5-9-36)45-38-14-13-37(26-40(38)50(52)53)57(54,55)46-42(51)32-11-15-39-31(25-32)10-12-35-28-48(23-24-49(35)39)27-33-7-6-19-44-41(33)30-16-20-43-21-17-30/h3-9,11,13-17,19-21,25-26,34-35,45H,10,12,18,22-24,27-29H2,1-2H3,(H,46,51)/t34-,35+/m1/s1. The number of carbonyl (C=O) groups is 1. The lowest BCUT2D eigenvalue weighted by atomic mass is 9.92. The number of nitrogens with one attached hydrogen (secondary N) is 2. The second-order valence-corrected chi connectivity index (χ2v) is 17.4. The summed E-state index contributed by atoms with van der Waals surface area (Å²) in [6.07, 6.45) is 7.72. The van der Waals surface area contributed by atoms with Gasteiger partial charge in [0.05, 0.1) is 15.5 Å². The predicted molar refractivity (Wildman–Crippen MR) is 224 cm³/mol. The molecule has 2 aliphatic heterocycles. The molecule has 1 saturated heterocycles. The molecule has 0 radical (unpaired) electrons. The number of sulfonamides is 1. The third-order valence-corrected chi connectivity index (χ3v) is 12.9. The summed E-state index contributed by atoms with van der Waals surface area (Å²) in [5.74, 6) is -0.152. The molecule has 5 aromatic rings. The van der Waals surface area contributed by atoms with Gasteiger partial charge in [0.1, 0.15) is 5.69 Å². The average molecular weight is 807 g/mol. The molecule has 2 aliphatic rings. The lowest BCUT2D eigenvalue weighted by molar-refractivity contribution is -0.384. The maximum atomic E-state index is 13.5. The molecule has 0 unspecified atom stereocenters. The van der Waals surface area contributed by atoms with E-state index in [1.54, 1.807) is 36.3 Å².